The molecule has 1 aliphatic rings. The lowest BCUT2D eigenvalue weighted by Gasteiger charge is -2.42. The van der Waals surface area contributed by atoms with Crippen LogP contribution in [0, 0.1) is 5.92 Å². The second kappa shape index (κ2) is 6.16. The van der Waals surface area contributed by atoms with E-state index < -0.39 is 9.84 Å². The van der Waals surface area contributed by atoms with Crippen LogP contribution in [0.2, 0.25) is 0 Å². The van der Waals surface area contributed by atoms with E-state index in [1.54, 1.807) is 0 Å². The standard InChI is InChI=1S/C12H26N2O2S/c1-10-11(2)14(8-6-12(10)13-3)7-5-9-17(4,15)16/h10-13H,5-9H2,1-4H3. The fourth-order valence-corrected chi connectivity index (χ4v) is 3.35. The monoisotopic (exact) mass is 262 g/mol. The molecule has 0 aromatic carbocycles. The largest absolute Gasteiger partial charge is 0.317 e. The highest BCUT2D eigenvalue weighted by Crippen LogP contribution is 2.23. The third kappa shape index (κ3) is 4.56. The molecule has 1 saturated heterocycles. The van der Waals surface area contributed by atoms with Gasteiger partial charge in [-0.15, -0.1) is 0 Å². The van der Waals surface area contributed by atoms with E-state index in [-0.39, 0.29) is 0 Å². The lowest BCUT2D eigenvalue weighted by Crippen LogP contribution is -2.52. The summed E-state index contributed by atoms with van der Waals surface area (Å²) in [5, 5.41) is 3.36. The topological polar surface area (TPSA) is 49.4 Å². The van der Waals surface area contributed by atoms with Gasteiger partial charge in [-0.05, 0) is 45.8 Å². The predicted octanol–water partition coefficient (Wildman–Crippen LogP) is 0.739. The van der Waals surface area contributed by atoms with E-state index in [1.807, 2.05) is 7.05 Å². The lowest BCUT2D eigenvalue weighted by molar-refractivity contribution is 0.0881. The van der Waals surface area contributed by atoms with Gasteiger partial charge >= 0.3 is 0 Å². The number of nitrogens with one attached hydrogen (secondary N) is 1. The van der Waals surface area contributed by atoms with Crippen molar-refractivity contribution in [3.8, 4) is 0 Å². The zero-order valence-corrected chi connectivity index (χ0v) is 12.3. The van der Waals surface area contributed by atoms with Gasteiger partial charge in [0.2, 0.25) is 0 Å². The van der Waals surface area contributed by atoms with Crippen molar-refractivity contribution in [1.82, 2.24) is 10.2 Å². The number of likely N-dealkylation sites (tertiary alicyclic amines) is 1. The molecule has 0 aromatic rings. The van der Waals surface area contributed by atoms with Gasteiger partial charge in [0.15, 0.2) is 0 Å². The van der Waals surface area contributed by atoms with Crippen molar-refractivity contribution in [3.63, 3.8) is 0 Å². The van der Waals surface area contributed by atoms with Crippen LogP contribution in [-0.2, 0) is 9.84 Å². The molecular formula is C12H26N2O2S. The summed E-state index contributed by atoms with van der Waals surface area (Å²) in [6.45, 7) is 6.49. The summed E-state index contributed by atoms with van der Waals surface area (Å²) in [6, 6.07) is 1.12. The second-order valence-corrected chi connectivity index (χ2v) is 7.56. The van der Waals surface area contributed by atoms with Gasteiger partial charge in [-0.25, -0.2) is 8.42 Å². The Balaban J connectivity index is 2.40. The summed E-state index contributed by atoms with van der Waals surface area (Å²) < 4.78 is 22.2. The Hall–Kier alpha value is -0.130. The maximum Gasteiger partial charge on any atom is 0.147 e. The Labute approximate surface area is 106 Å². The minimum Gasteiger partial charge on any atom is -0.317 e. The number of hydrogen-bond acceptors (Lipinski definition) is 4. The lowest BCUT2D eigenvalue weighted by atomic mass is 9.87. The van der Waals surface area contributed by atoms with Crippen molar-refractivity contribution >= 4 is 9.84 Å². The molecule has 1 heterocycles. The molecule has 1 aliphatic heterocycles. The predicted molar refractivity (Wildman–Crippen MR) is 72.0 cm³/mol. The molecule has 1 fully saturated rings. The Morgan fingerprint density at radius 2 is 2.00 bits per heavy atom. The highest BCUT2D eigenvalue weighted by atomic mass is 32.2. The summed E-state index contributed by atoms with van der Waals surface area (Å²) in [7, 11) is -0.789. The van der Waals surface area contributed by atoms with Crippen molar-refractivity contribution in [2.24, 2.45) is 5.92 Å². The molecule has 3 atom stereocenters. The first kappa shape index (κ1) is 14.9. The maximum atomic E-state index is 11.1. The first-order valence-electron chi connectivity index (χ1n) is 6.44. The number of rotatable bonds is 5. The highest BCUT2D eigenvalue weighted by Gasteiger charge is 2.30. The molecule has 0 aliphatic carbocycles. The van der Waals surface area contributed by atoms with Gasteiger partial charge in [0.25, 0.3) is 0 Å². The zero-order valence-electron chi connectivity index (χ0n) is 11.4. The van der Waals surface area contributed by atoms with Crippen LogP contribution in [0.4, 0.5) is 0 Å². The van der Waals surface area contributed by atoms with E-state index in [9.17, 15) is 8.42 Å². The molecule has 17 heavy (non-hydrogen) atoms. The first-order valence-corrected chi connectivity index (χ1v) is 8.50. The van der Waals surface area contributed by atoms with E-state index in [0.29, 0.717) is 23.8 Å². The third-order valence-electron chi connectivity index (χ3n) is 4.03. The van der Waals surface area contributed by atoms with Gasteiger partial charge in [-0.1, -0.05) is 6.92 Å². The van der Waals surface area contributed by atoms with Gasteiger partial charge in [0.05, 0.1) is 5.75 Å². The molecule has 5 heteroatoms. The molecule has 4 nitrogen and oxygen atoms in total. The molecule has 0 bridgehead atoms. The smallest absolute Gasteiger partial charge is 0.147 e. The zero-order chi connectivity index (χ0) is 13.1. The van der Waals surface area contributed by atoms with Crippen LogP contribution in [0.5, 0.6) is 0 Å². The van der Waals surface area contributed by atoms with E-state index in [1.165, 1.54) is 6.26 Å². The number of sulfone groups is 1. The molecule has 3 unspecified atom stereocenters. The van der Waals surface area contributed by atoms with Gasteiger partial charge in [0, 0.05) is 18.3 Å². The van der Waals surface area contributed by atoms with Crippen LogP contribution in [0.25, 0.3) is 0 Å². The van der Waals surface area contributed by atoms with Gasteiger partial charge in [0.1, 0.15) is 9.84 Å². The van der Waals surface area contributed by atoms with E-state index >= 15 is 0 Å². The molecule has 0 spiro atoms. The Morgan fingerprint density at radius 1 is 1.35 bits per heavy atom. The van der Waals surface area contributed by atoms with Crippen LogP contribution < -0.4 is 5.32 Å². The summed E-state index contributed by atoms with van der Waals surface area (Å²) in [6.07, 6.45) is 3.22. The van der Waals surface area contributed by atoms with Crippen LogP contribution in [0.3, 0.4) is 0 Å². The molecule has 0 amide bonds. The molecule has 0 radical (unpaired) electrons. The highest BCUT2D eigenvalue weighted by molar-refractivity contribution is 7.90. The summed E-state index contributed by atoms with van der Waals surface area (Å²) in [4.78, 5) is 2.42. The normalized spacial score (nSPS) is 31.6. The number of piperidine rings is 1. The average Bonchev–Trinajstić information content (AvgIpc) is 2.23. The maximum absolute atomic E-state index is 11.1. The van der Waals surface area contributed by atoms with Gasteiger partial charge in [-0.3, -0.25) is 0 Å². The Morgan fingerprint density at radius 3 is 2.53 bits per heavy atom. The molecule has 0 aromatic heterocycles. The van der Waals surface area contributed by atoms with Crippen molar-refractivity contribution in [2.45, 2.75) is 38.8 Å². The van der Waals surface area contributed by atoms with Gasteiger partial charge < -0.3 is 10.2 Å². The number of hydrogen-bond donors (Lipinski definition) is 1. The summed E-state index contributed by atoms with van der Waals surface area (Å²) >= 11 is 0. The second-order valence-electron chi connectivity index (χ2n) is 5.30. The summed E-state index contributed by atoms with van der Waals surface area (Å²) in [5.41, 5.74) is 0. The molecule has 102 valence electrons. The van der Waals surface area contributed by atoms with Crippen molar-refractivity contribution in [1.29, 1.82) is 0 Å². The Kier molecular flexibility index (Phi) is 5.41. The summed E-state index contributed by atoms with van der Waals surface area (Å²) in [5.74, 6) is 0.923. The van der Waals surface area contributed by atoms with Crippen molar-refractivity contribution in [2.75, 3.05) is 32.1 Å². The number of nitrogens with zero attached hydrogens (tertiary/aromatic N) is 1. The van der Waals surface area contributed by atoms with Crippen LogP contribution in [0.15, 0.2) is 0 Å². The van der Waals surface area contributed by atoms with E-state index in [0.717, 1.165) is 25.9 Å². The van der Waals surface area contributed by atoms with E-state index in [2.05, 4.69) is 24.1 Å². The van der Waals surface area contributed by atoms with Crippen LogP contribution in [-0.4, -0.2) is 57.5 Å². The molecule has 1 N–H and O–H groups in total. The molecule has 1 rings (SSSR count). The van der Waals surface area contributed by atoms with Crippen LogP contribution >= 0.6 is 0 Å². The third-order valence-corrected chi connectivity index (χ3v) is 5.06. The van der Waals surface area contributed by atoms with Crippen LogP contribution in [0.1, 0.15) is 26.7 Å². The van der Waals surface area contributed by atoms with Gasteiger partial charge in [-0.2, -0.15) is 0 Å². The fourth-order valence-electron chi connectivity index (χ4n) is 2.69. The quantitative estimate of drug-likeness (QED) is 0.794. The molecular weight excluding hydrogens is 236 g/mol. The van der Waals surface area contributed by atoms with Crippen molar-refractivity contribution < 1.29 is 8.42 Å². The SMILES string of the molecule is CNC1CCN(CCCS(C)(=O)=O)C(C)C1C. The van der Waals surface area contributed by atoms with Crippen molar-refractivity contribution in [3.05, 3.63) is 0 Å². The van der Waals surface area contributed by atoms with E-state index in [4.69, 9.17) is 0 Å². The Bertz CT molecular complexity index is 329. The first-order chi connectivity index (χ1) is 7.85. The average molecular weight is 262 g/mol. The molecule has 0 saturated carbocycles. The minimum atomic E-state index is -2.81. The minimum absolute atomic E-state index is 0.306. The fraction of sp³-hybridized carbons (Fsp3) is 1.00.